The Morgan fingerprint density at radius 3 is 2.37 bits per heavy atom. The first-order valence-corrected chi connectivity index (χ1v) is 7.16. The van der Waals surface area contributed by atoms with Crippen LogP contribution in [-0.4, -0.2) is 41.0 Å². The number of fused-ring (bicyclic) bond motifs is 1. The number of aliphatic hydroxyl groups is 1. The van der Waals surface area contributed by atoms with Crippen LogP contribution in [0.1, 0.15) is 30.1 Å². The molecule has 1 heterocycles. The summed E-state index contributed by atoms with van der Waals surface area (Å²) in [5.74, 6) is 1.38. The van der Waals surface area contributed by atoms with E-state index in [0.29, 0.717) is 11.8 Å². The molecule has 2 fully saturated rings. The van der Waals surface area contributed by atoms with Crippen molar-refractivity contribution in [1.29, 1.82) is 0 Å². The minimum absolute atomic E-state index is 0.0508. The molecule has 1 saturated heterocycles. The predicted molar refractivity (Wildman–Crippen MR) is 74.0 cm³/mol. The molecular weight excluding hydrogens is 238 g/mol. The second kappa shape index (κ2) is 5.06. The molecule has 1 aliphatic heterocycles. The Morgan fingerprint density at radius 1 is 1.21 bits per heavy atom. The summed E-state index contributed by atoms with van der Waals surface area (Å²) < 4.78 is 0. The SMILES string of the molecule is CC(C(=O)c1ccccc1)N1C[C@H]2CC(O)C[C@H]2C1. The molecule has 0 aromatic heterocycles. The van der Waals surface area contributed by atoms with Crippen LogP contribution >= 0.6 is 0 Å². The maximum atomic E-state index is 12.4. The number of likely N-dealkylation sites (tertiary alicyclic amines) is 1. The van der Waals surface area contributed by atoms with Crippen LogP contribution in [0.4, 0.5) is 0 Å². The molecule has 1 saturated carbocycles. The van der Waals surface area contributed by atoms with Gasteiger partial charge < -0.3 is 5.11 Å². The van der Waals surface area contributed by atoms with E-state index in [1.807, 2.05) is 37.3 Å². The van der Waals surface area contributed by atoms with E-state index >= 15 is 0 Å². The summed E-state index contributed by atoms with van der Waals surface area (Å²) in [5, 5.41) is 9.66. The van der Waals surface area contributed by atoms with Gasteiger partial charge in [-0.3, -0.25) is 9.69 Å². The molecular formula is C16H21NO2. The number of aliphatic hydroxyl groups excluding tert-OH is 1. The smallest absolute Gasteiger partial charge is 0.179 e. The highest BCUT2D eigenvalue weighted by Gasteiger charge is 2.42. The van der Waals surface area contributed by atoms with E-state index in [1.54, 1.807) is 0 Å². The van der Waals surface area contributed by atoms with Crippen molar-refractivity contribution in [3.8, 4) is 0 Å². The Labute approximate surface area is 114 Å². The van der Waals surface area contributed by atoms with Crippen molar-refractivity contribution in [2.24, 2.45) is 11.8 Å². The zero-order chi connectivity index (χ0) is 13.4. The van der Waals surface area contributed by atoms with E-state index in [0.717, 1.165) is 31.5 Å². The summed E-state index contributed by atoms with van der Waals surface area (Å²) in [6.45, 7) is 3.93. The lowest BCUT2D eigenvalue weighted by Crippen LogP contribution is -2.38. The highest BCUT2D eigenvalue weighted by Crippen LogP contribution is 2.38. The van der Waals surface area contributed by atoms with Gasteiger partial charge in [0.05, 0.1) is 12.1 Å². The third kappa shape index (κ3) is 2.45. The van der Waals surface area contributed by atoms with Crippen molar-refractivity contribution < 1.29 is 9.90 Å². The van der Waals surface area contributed by atoms with Crippen LogP contribution in [0.5, 0.6) is 0 Å². The van der Waals surface area contributed by atoms with Crippen molar-refractivity contribution in [3.63, 3.8) is 0 Å². The van der Waals surface area contributed by atoms with Gasteiger partial charge in [0.25, 0.3) is 0 Å². The Hall–Kier alpha value is -1.19. The molecule has 2 aliphatic rings. The molecule has 1 aliphatic carbocycles. The van der Waals surface area contributed by atoms with Crippen LogP contribution in [0.3, 0.4) is 0 Å². The molecule has 1 N–H and O–H groups in total. The molecule has 3 nitrogen and oxygen atoms in total. The fraction of sp³-hybridized carbons (Fsp3) is 0.562. The lowest BCUT2D eigenvalue weighted by atomic mass is 10.0. The van der Waals surface area contributed by atoms with Gasteiger partial charge in [-0.15, -0.1) is 0 Å². The number of hydrogen-bond donors (Lipinski definition) is 1. The largest absolute Gasteiger partial charge is 0.393 e. The molecule has 1 aromatic rings. The number of hydrogen-bond acceptors (Lipinski definition) is 3. The molecule has 0 radical (unpaired) electrons. The highest BCUT2D eigenvalue weighted by atomic mass is 16.3. The summed E-state index contributed by atoms with van der Waals surface area (Å²) in [5.41, 5.74) is 0.798. The third-order valence-electron chi connectivity index (χ3n) is 4.74. The minimum Gasteiger partial charge on any atom is -0.393 e. The molecule has 19 heavy (non-hydrogen) atoms. The van der Waals surface area contributed by atoms with E-state index < -0.39 is 0 Å². The first-order chi connectivity index (χ1) is 9.15. The van der Waals surface area contributed by atoms with Crippen LogP contribution in [0, 0.1) is 11.8 Å². The summed E-state index contributed by atoms with van der Waals surface area (Å²) in [6.07, 6.45) is 1.71. The van der Waals surface area contributed by atoms with Gasteiger partial charge >= 0.3 is 0 Å². The van der Waals surface area contributed by atoms with Crippen molar-refractivity contribution in [1.82, 2.24) is 4.90 Å². The summed E-state index contributed by atoms with van der Waals surface area (Å²) in [6, 6.07) is 9.48. The molecule has 3 heteroatoms. The molecule has 0 amide bonds. The lowest BCUT2D eigenvalue weighted by Gasteiger charge is -2.24. The average Bonchev–Trinajstić information content (AvgIpc) is 2.95. The average molecular weight is 259 g/mol. The van der Waals surface area contributed by atoms with Gasteiger partial charge in [0.15, 0.2) is 5.78 Å². The van der Waals surface area contributed by atoms with Gasteiger partial charge in [0.2, 0.25) is 0 Å². The third-order valence-corrected chi connectivity index (χ3v) is 4.74. The van der Waals surface area contributed by atoms with Crippen LogP contribution < -0.4 is 0 Å². The predicted octanol–water partition coefficient (Wildman–Crippen LogP) is 1.96. The van der Waals surface area contributed by atoms with Crippen molar-refractivity contribution in [2.75, 3.05) is 13.1 Å². The zero-order valence-electron chi connectivity index (χ0n) is 11.3. The first-order valence-electron chi connectivity index (χ1n) is 7.16. The lowest BCUT2D eigenvalue weighted by molar-refractivity contribution is 0.0847. The van der Waals surface area contributed by atoms with Gasteiger partial charge in [-0.2, -0.15) is 0 Å². The summed E-state index contributed by atoms with van der Waals surface area (Å²) in [4.78, 5) is 14.7. The molecule has 1 aromatic carbocycles. The topological polar surface area (TPSA) is 40.5 Å². The normalized spacial score (nSPS) is 32.2. The van der Waals surface area contributed by atoms with Crippen LogP contribution in [0.25, 0.3) is 0 Å². The number of ketones is 1. The van der Waals surface area contributed by atoms with Gasteiger partial charge in [0.1, 0.15) is 0 Å². The first kappa shape index (κ1) is 12.8. The van der Waals surface area contributed by atoms with Gasteiger partial charge in [-0.25, -0.2) is 0 Å². The second-order valence-electron chi connectivity index (χ2n) is 6.01. The standard InChI is InChI=1S/C16H21NO2/c1-11(16(19)12-5-3-2-4-6-12)17-9-13-7-15(18)8-14(13)10-17/h2-6,11,13-15,18H,7-10H2,1H3/t11?,13-,14+,15?. The number of carbonyl (C=O) groups excluding carboxylic acids is 1. The molecule has 0 spiro atoms. The fourth-order valence-electron chi connectivity index (χ4n) is 3.63. The summed E-state index contributed by atoms with van der Waals surface area (Å²) >= 11 is 0. The van der Waals surface area contributed by atoms with E-state index in [4.69, 9.17) is 0 Å². The summed E-state index contributed by atoms with van der Waals surface area (Å²) in [7, 11) is 0. The highest BCUT2D eigenvalue weighted by molar-refractivity contribution is 5.99. The Balaban J connectivity index is 1.66. The van der Waals surface area contributed by atoms with Gasteiger partial charge in [-0.05, 0) is 31.6 Å². The Kier molecular flexibility index (Phi) is 3.42. The maximum absolute atomic E-state index is 12.4. The molecule has 4 atom stereocenters. The fourth-order valence-corrected chi connectivity index (χ4v) is 3.63. The van der Waals surface area contributed by atoms with Crippen LogP contribution in [0.15, 0.2) is 30.3 Å². The Bertz CT molecular complexity index is 445. The van der Waals surface area contributed by atoms with Gasteiger partial charge in [0, 0.05) is 18.7 Å². The van der Waals surface area contributed by atoms with Crippen molar-refractivity contribution >= 4 is 5.78 Å². The number of carbonyl (C=O) groups is 1. The number of nitrogens with zero attached hydrogens (tertiary/aromatic N) is 1. The van der Waals surface area contributed by atoms with E-state index in [2.05, 4.69) is 4.90 Å². The quantitative estimate of drug-likeness (QED) is 0.844. The number of benzene rings is 1. The second-order valence-corrected chi connectivity index (χ2v) is 6.01. The minimum atomic E-state index is -0.114. The monoisotopic (exact) mass is 259 g/mol. The Morgan fingerprint density at radius 2 is 1.79 bits per heavy atom. The molecule has 0 bridgehead atoms. The number of Topliss-reactive ketones (excluding diaryl/α,β-unsaturated/α-hetero) is 1. The van der Waals surface area contributed by atoms with Crippen molar-refractivity contribution in [3.05, 3.63) is 35.9 Å². The van der Waals surface area contributed by atoms with E-state index in [-0.39, 0.29) is 17.9 Å². The molecule has 2 unspecified atom stereocenters. The van der Waals surface area contributed by atoms with E-state index in [1.165, 1.54) is 0 Å². The van der Waals surface area contributed by atoms with Crippen molar-refractivity contribution in [2.45, 2.75) is 31.9 Å². The van der Waals surface area contributed by atoms with Crippen LogP contribution in [-0.2, 0) is 0 Å². The van der Waals surface area contributed by atoms with Gasteiger partial charge in [-0.1, -0.05) is 30.3 Å². The molecule has 3 rings (SSSR count). The zero-order valence-corrected chi connectivity index (χ0v) is 11.3. The number of rotatable bonds is 3. The van der Waals surface area contributed by atoms with Crippen LogP contribution in [0.2, 0.25) is 0 Å². The maximum Gasteiger partial charge on any atom is 0.179 e. The van der Waals surface area contributed by atoms with E-state index in [9.17, 15) is 9.90 Å². The molecule has 102 valence electrons.